The van der Waals surface area contributed by atoms with Crippen LogP contribution >= 0.6 is 0 Å². The van der Waals surface area contributed by atoms with E-state index in [2.05, 4.69) is 5.32 Å². The van der Waals surface area contributed by atoms with Crippen LogP contribution in [0.4, 0.5) is 15.8 Å². The first-order chi connectivity index (χ1) is 10.1. The zero-order valence-electron chi connectivity index (χ0n) is 11.9. The number of carbonyl (C=O) groups is 1. The monoisotopic (exact) mass is 284 g/mol. The highest BCUT2D eigenvalue weighted by molar-refractivity contribution is 5.94. The number of nitrogens with zero attached hydrogens (tertiary/aromatic N) is 1. The largest absolute Gasteiger partial charge is 0.381 e. The van der Waals surface area contributed by atoms with E-state index in [-0.39, 0.29) is 11.7 Å². The van der Waals surface area contributed by atoms with Gasteiger partial charge in [0.1, 0.15) is 5.82 Å². The van der Waals surface area contributed by atoms with Crippen molar-refractivity contribution in [2.75, 3.05) is 16.8 Å². The molecule has 108 valence electrons. The predicted octanol–water partition coefficient (Wildman–Crippen LogP) is 3.35. The lowest BCUT2D eigenvalue weighted by Crippen LogP contribution is -2.25. The van der Waals surface area contributed by atoms with Crippen molar-refractivity contribution in [2.45, 2.75) is 19.9 Å². The van der Waals surface area contributed by atoms with Crippen molar-refractivity contribution in [1.82, 2.24) is 0 Å². The number of hydrogen-bond acceptors (Lipinski definition) is 2. The predicted molar refractivity (Wildman–Crippen MR) is 81.9 cm³/mol. The van der Waals surface area contributed by atoms with E-state index in [1.165, 1.54) is 6.07 Å². The van der Waals surface area contributed by atoms with Gasteiger partial charge >= 0.3 is 0 Å². The summed E-state index contributed by atoms with van der Waals surface area (Å²) < 4.78 is 13.6. The van der Waals surface area contributed by atoms with Crippen LogP contribution in [0, 0.1) is 5.82 Å². The second kappa shape index (κ2) is 5.56. The van der Waals surface area contributed by atoms with E-state index in [1.54, 1.807) is 24.0 Å². The first-order valence-corrected chi connectivity index (χ1v) is 7.03. The number of nitrogens with one attached hydrogen (secondary N) is 1. The van der Waals surface area contributed by atoms with Crippen LogP contribution in [-0.2, 0) is 17.8 Å². The maximum absolute atomic E-state index is 13.6. The standard InChI is InChI=1S/C17H17FN2O/c1-12(21)20-9-8-13-10-15(6-7-17(13)20)19-11-14-4-2-3-5-16(14)18/h2-7,10,19H,8-9,11H2,1H3. The number of anilines is 2. The van der Waals surface area contributed by atoms with Crippen molar-refractivity contribution in [3.05, 3.63) is 59.4 Å². The Morgan fingerprint density at radius 2 is 2.10 bits per heavy atom. The summed E-state index contributed by atoms with van der Waals surface area (Å²) in [6, 6.07) is 12.7. The smallest absolute Gasteiger partial charge is 0.223 e. The Morgan fingerprint density at radius 1 is 1.29 bits per heavy atom. The van der Waals surface area contributed by atoms with Crippen molar-refractivity contribution in [3.63, 3.8) is 0 Å². The molecule has 4 heteroatoms. The molecular weight excluding hydrogens is 267 g/mol. The molecular formula is C17H17FN2O. The fourth-order valence-electron chi connectivity index (χ4n) is 2.68. The Hall–Kier alpha value is -2.36. The van der Waals surface area contributed by atoms with Gasteiger partial charge in [0.05, 0.1) is 0 Å². The second-order valence-corrected chi connectivity index (χ2v) is 5.21. The highest BCUT2D eigenvalue weighted by Crippen LogP contribution is 2.30. The van der Waals surface area contributed by atoms with Gasteiger partial charge in [-0.1, -0.05) is 18.2 Å². The fraction of sp³-hybridized carbons (Fsp3) is 0.235. The summed E-state index contributed by atoms with van der Waals surface area (Å²) in [5, 5.41) is 3.23. The van der Waals surface area contributed by atoms with Crippen LogP contribution in [0.1, 0.15) is 18.1 Å². The van der Waals surface area contributed by atoms with Gasteiger partial charge in [0.2, 0.25) is 5.91 Å². The van der Waals surface area contributed by atoms with Gasteiger partial charge < -0.3 is 10.2 Å². The second-order valence-electron chi connectivity index (χ2n) is 5.21. The first-order valence-electron chi connectivity index (χ1n) is 7.03. The van der Waals surface area contributed by atoms with Crippen molar-refractivity contribution < 1.29 is 9.18 Å². The molecule has 2 aromatic carbocycles. The van der Waals surface area contributed by atoms with Gasteiger partial charge in [-0.3, -0.25) is 4.79 Å². The molecule has 0 saturated heterocycles. The molecule has 0 spiro atoms. The third-order valence-corrected chi connectivity index (χ3v) is 3.80. The Balaban J connectivity index is 1.74. The lowest BCUT2D eigenvalue weighted by Gasteiger charge is -2.15. The van der Waals surface area contributed by atoms with Crippen LogP contribution in [0.3, 0.4) is 0 Å². The zero-order valence-corrected chi connectivity index (χ0v) is 11.9. The van der Waals surface area contributed by atoms with Gasteiger partial charge in [-0.2, -0.15) is 0 Å². The molecule has 0 aromatic heterocycles. The van der Waals surface area contributed by atoms with E-state index in [9.17, 15) is 9.18 Å². The van der Waals surface area contributed by atoms with Crippen LogP contribution < -0.4 is 10.2 Å². The van der Waals surface area contributed by atoms with E-state index in [4.69, 9.17) is 0 Å². The quantitative estimate of drug-likeness (QED) is 0.937. The molecule has 1 heterocycles. The van der Waals surface area contributed by atoms with Gasteiger partial charge in [0.25, 0.3) is 0 Å². The van der Waals surface area contributed by atoms with Crippen molar-refractivity contribution in [3.8, 4) is 0 Å². The highest BCUT2D eigenvalue weighted by atomic mass is 19.1. The number of benzene rings is 2. The minimum Gasteiger partial charge on any atom is -0.381 e. The van der Waals surface area contributed by atoms with Crippen molar-refractivity contribution >= 4 is 17.3 Å². The number of halogens is 1. The maximum Gasteiger partial charge on any atom is 0.223 e. The molecule has 0 unspecified atom stereocenters. The summed E-state index contributed by atoms with van der Waals surface area (Å²) in [7, 11) is 0. The van der Waals surface area contributed by atoms with Crippen LogP contribution in [0.2, 0.25) is 0 Å². The van der Waals surface area contributed by atoms with Crippen LogP contribution in [0.15, 0.2) is 42.5 Å². The van der Waals surface area contributed by atoms with E-state index in [0.717, 1.165) is 29.9 Å². The Labute approximate surface area is 123 Å². The third kappa shape index (κ3) is 2.75. The molecule has 0 radical (unpaired) electrons. The van der Waals surface area contributed by atoms with Gasteiger partial charge in [0, 0.05) is 37.0 Å². The molecule has 0 saturated carbocycles. The summed E-state index contributed by atoms with van der Waals surface area (Å²) >= 11 is 0. The van der Waals surface area contributed by atoms with Gasteiger partial charge in [-0.25, -0.2) is 4.39 Å². The molecule has 0 bridgehead atoms. The highest BCUT2D eigenvalue weighted by Gasteiger charge is 2.21. The van der Waals surface area contributed by atoms with Crippen LogP contribution in [0.25, 0.3) is 0 Å². The molecule has 1 aliphatic rings. The molecule has 3 rings (SSSR count). The summed E-state index contributed by atoms with van der Waals surface area (Å²) in [5.74, 6) is -0.130. The molecule has 0 fully saturated rings. The third-order valence-electron chi connectivity index (χ3n) is 3.80. The van der Waals surface area contributed by atoms with Crippen molar-refractivity contribution in [2.24, 2.45) is 0 Å². The molecule has 0 atom stereocenters. The Bertz CT molecular complexity index is 684. The summed E-state index contributed by atoms with van der Waals surface area (Å²) in [6.45, 7) is 2.77. The van der Waals surface area contributed by atoms with Gasteiger partial charge in [-0.15, -0.1) is 0 Å². The first kappa shape index (κ1) is 13.6. The SMILES string of the molecule is CC(=O)N1CCc2cc(NCc3ccccc3F)ccc21. The topological polar surface area (TPSA) is 32.3 Å². The molecule has 2 aromatic rings. The zero-order chi connectivity index (χ0) is 14.8. The summed E-state index contributed by atoms with van der Waals surface area (Å²) in [6.07, 6.45) is 0.865. The average molecular weight is 284 g/mol. The van der Waals surface area contributed by atoms with Crippen LogP contribution in [-0.4, -0.2) is 12.5 Å². The molecule has 1 N–H and O–H groups in total. The molecule has 3 nitrogen and oxygen atoms in total. The summed E-state index contributed by atoms with van der Waals surface area (Å²) in [5.41, 5.74) is 3.73. The van der Waals surface area contributed by atoms with E-state index in [1.807, 2.05) is 24.3 Å². The van der Waals surface area contributed by atoms with Gasteiger partial charge in [0.15, 0.2) is 0 Å². The van der Waals surface area contributed by atoms with Crippen LogP contribution in [0.5, 0.6) is 0 Å². The number of rotatable bonds is 3. The average Bonchev–Trinajstić information content (AvgIpc) is 2.89. The minimum atomic E-state index is -0.200. The molecule has 0 aliphatic carbocycles. The number of amides is 1. The minimum absolute atomic E-state index is 0.0702. The lowest BCUT2D eigenvalue weighted by atomic mass is 10.1. The normalized spacial score (nSPS) is 13.1. The van der Waals surface area contributed by atoms with E-state index >= 15 is 0 Å². The lowest BCUT2D eigenvalue weighted by molar-refractivity contribution is -0.116. The molecule has 1 aliphatic heterocycles. The molecule has 1 amide bonds. The van der Waals surface area contributed by atoms with E-state index < -0.39 is 0 Å². The van der Waals surface area contributed by atoms with Gasteiger partial charge in [-0.05, 0) is 36.2 Å². The number of hydrogen-bond donors (Lipinski definition) is 1. The maximum atomic E-state index is 13.6. The molecule has 21 heavy (non-hydrogen) atoms. The fourth-order valence-corrected chi connectivity index (χ4v) is 2.68. The number of carbonyl (C=O) groups excluding carboxylic acids is 1. The van der Waals surface area contributed by atoms with E-state index in [0.29, 0.717) is 12.1 Å². The number of fused-ring (bicyclic) bond motifs is 1. The summed E-state index contributed by atoms with van der Waals surface area (Å²) in [4.78, 5) is 13.3. The Morgan fingerprint density at radius 3 is 2.86 bits per heavy atom. The van der Waals surface area contributed by atoms with Crippen molar-refractivity contribution in [1.29, 1.82) is 0 Å². The Kier molecular flexibility index (Phi) is 3.60.